The minimum absolute atomic E-state index is 0.559. The molecule has 1 heterocycles. The third kappa shape index (κ3) is 3.53. The normalized spacial score (nSPS) is 10.2. The molecule has 0 bridgehead atoms. The fraction of sp³-hybridized carbons (Fsp3) is 0.600. The third-order valence-electron chi connectivity index (χ3n) is 2.04. The summed E-state index contributed by atoms with van der Waals surface area (Å²) in [4.78, 5) is 8.09. The minimum Gasteiger partial charge on any atom is -0.481 e. The van der Waals surface area contributed by atoms with Crippen molar-refractivity contribution in [2.75, 3.05) is 32.8 Å². The first-order valence-corrected chi connectivity index (χ1v) is 6.34. The van der Waals surface area contributed by atoms with E-state index in [1.165, 1.54) is 6.33 Å². The molecule has 0 radical (unpaired) electrons. The molecular weight excluding hydrogens is 226 g/mol. The average Bonchev–Trinajstić information content (AvgIpc) is 2.34. The van der Waals surface area contributed by atoms with Gasteiger partial charge in [0, 0.05) is 18.8 Å². The van der Waals surface area contributed by atoms with Gasteiger partial charge in [0.15, 0.2) is 0 Å². The van der Waals surface area contributed by atoms with Crippen molar-refractivity contribution in [3.05, 3.63) is 11.9 Å². The maximum Gasteiger partial charge on any atom is 0.224 e. The Labute approximate surface area is 100.0 Å². The average molecular weight is 243 g/mol. The molecule has 1 aromatic rings. The van der Waals surface area contributed by atoms with Crippen molar-refractivity contribution in [1.82, 2.24) is 15.3 Å². The molecule has 0 aliphatic carbocycles. The molecule has 0 fully saturated rings. The second-order valence-electron chi connectivity index (χ2n) is 3.04. The highest BCUT2D eigenvalue weighted by Gasteiger charge is 2.11. The SMILES string of the molecule is COc1ncnc(OC)c1CNCCSC. The molecule has 1 N–H and O–H groups in total. The number of rotatable bonds is 7. The van der Waals surface area contributed by atoms with E-state index in [-0.39, 0.29) is 0 Å². The van der Waals surface area contributed by atoms with E-state index in [1.54, 1.807) is 26.0 Å². The van der Waals surface area contributed by atoms with Gasteiger partial charge in [0.05, 0.1) is 19.8 Å². The first-order chi connectivity index (χ1) is 7.83. The maximum absolute atomic E-state index is 5.17. The highest BCUT2D eigenvalue weighted by molar-refractivity contribution is 7.98. The third-order valence-corrected chi connectivity index (χ3v) is 2.65. The second-order valence-corrected chi connectivity index (χ2v) is 4.03. The van der Waals surface area contributed by atoms with Gasteiger partial charge in [-0.3, -0.25) is 0 Å². The minimum atomic E-state index is 0.559. The van der Waals surface area contributed by atoms with Gasteiger partial charge in [-0.25, -0.2) is 9.97 Å². The maximum atomic E-state index is 5.17. The van der Waals surface area contributed by atoms with Crippen molar-refractivity contribution in [2.45, 2.75) is 6.54 Å². The summed E-state index contributed by atoms with van der Waals surface area (Å²) >= 11 is 1.80. The lowest BCUT2D eigenvalue weighted by molar-refractivity contribution is 0.359. The molecule has 16 heavy (non-hydrogen) atoms. The topological polar surface area (TPSA) is 56.3 Å². The van der Waals surface area contributed by atoms with Crippen LogP contribution in [0.1, 0.15) is 5.56 Å². The van der Waals surface area contributed by atoms with Crippen molar-refractivity contribution in [2.24, 2.45) is 0 Å². The molecule has 0 saturated carbocycles. The van der Waals surface area contributed by atoms with E-state index in [2.05, 4.69) is 21.5 Å². The van der Waals surface area contributed by atoms with Crippen LogP contribution in [0, 0.1) is 0 Å². The van der Waals surface area contributed by atoms with Crippen molar-refractivity contribution in [3.8, 4) is 11.8 Å². The van der Waals surface area contributed by atoms with Gasteiger partial charge >= 0.3 is 0 Å². The zero-order valence-electron chi connectivity index (χ0n) is 9.82. The van der Waals surface area contributed by atoms with Crippen molar-refractivity contribution >= 4 is 11.8 Å². The summed E-state index contributed by atoms with van der Waals surface area (Å²) in [6, 6.07) is 0. The number of nitrogens with zero attached hydrogens (tertiary/aromatic N) is 2. The highest BCUT2D eigenvalue weighted by atomic mass is 32.2. The van der Waals surface area contributed by atoms with E-state index < -0.39 is 0 Å². The Morgan fingerprint density at radius 2 is 1.88 bits per heavy atom. The zero-order valence-corrected chi connectivity index (χ0v) is 10.6. The van der Waals surface area contributed by atoms with Crippen LogP contribution in [-0.2, 0) is 6.54 Å². The molecule has 90 valence electrons. The summed E-state index contributed by atoms with van der Waals surface area (Å²) in [6.45, 7) is 1.58. The van der Waals surface area contributed by atoms with Crippen molar-refractivity contribution < 1.29 is 9.47 Å². The predicted molar refractivity (Wildman–Crippen MR) is 65.2 cm³/mol. The molecule has 1 rings (SSSR count). The molecule has 0 atom stereocenters. The quantitative estimate of drug-likeness (QED) is 0.719. The van der Waals surface area contributed by atoms with Crippen LogP contribution in [0.4, 0.5) is 0 Å². The van der Waals surface area contributed by atoms with E-state index in [0.717, 1.165) is 17.9 Å². The van der Waals surface area contributed by atoms with Crippen LogP contribution in [0.25, 0.3) is 0 Å². The van der Waals surface area contributed by atoms with Crippen molar-refractivity contribution in [1.29, 1.82) is 0 Å². The van der Waals surface area contributed by atoms with Crippen LogP contribution in [0.3, 0.4) is 0 Å². The van der Waals surface area contributed by atoms with E-state index in [4.69, 9.17) is 9.47 Å². The summed E-state index contributed by atoms with van der Waals surface area (Å²) in [6.07, 6.45) is 3.51. The Morgan fingerprint density at radius 3 is 2.38 bits per heavy atom. The van der Waals surface area contributed by atoms with Gasteiger partial charge in [-0.05, 0) is 6.26 Å². The van der Waals surface area contributed by atoms with Gasteiger partial charge < -0.3 is 14.8 Å². The molecule has 0 aromatic carbocycles. The Bertz CT molecular complexity index is 301. The lowest BCUT2D eigenvalue weighted by Crippen LogP contribution is -2.18. The second kappa shape index (κ2) is 7.29. The molecular formula is C10H17N3O2S. The number of nitrogens with one attached hydrogen (secondary N) is 1. The molecule has 0 saturated heterocycles. The van der Waals surface area contributed by atoms with Gasteiger partial charge in [0.1, 0.15) is 6.33 Å². The first-order valence-electron chi connectivity index (χ1n) is 4.95. The van der Waals surface area contributed by atoms with Crippen LogP contribution >= 0.6 is 11.8 Å². The van der Waals surface area contributed by atoms with Crippen LogP contribution in [0.15, 0.2) is 6.33 Å². The summed E-state index contributed by atoms with van der Waals surface area (Å²) in [5, 5.41) is 3.29. The molecule has 0 amide bonds. The molecule has 0 aliphatic rings. The van der Waals surface area contributed by atoms with E-state index in [0.29, 0.717) is 18.3 Å². The van der Waals surface area contributed by atoms with Crippen LogP contribution in [0.5, 0.6) is 11.8 Å². The van der Waals surface area contributed by atoms with Gasteiger partial charge in [-0.1, -0.05) is 0 Å². The monoisotopic (exact) mass is 243 g/mol. The number of ether oxygens (including phenoxy) is 2. The molecule has 0 aliphatic heterocycles. The largest absolute Gasteiger partial charge is 0.481 e. The standard InChI is InChI=1S/C10H17N3O2S/c1-14-9-8(6-11-4-5-16-3)10(15-2)13-7-12-9/h7,11H,4-6H2,1-3H3. The van der Waals surface area contributed by atoms with Gasteiger partial charge in [0.25, 0.3) is 0 Å². The smallest absolute Gasteiger partial charge is 0.224 e. The molecule has 5 nitrogen and oxygen atoms in total. The van der Waals surface area contributed by atoms with Crippen LogP contribution in [0.2, 0.25) is 0 Å². The number of aromatic nitrogens is 2. The van der Waals surface area contributed by atoms with E-state index in [9.17, 15) is 0 Å². The number of thioether (sulfide) groups is 1. The lowest BCUT2D eigenvalue weighted by atomic mass is 10.3. The Balaban J connectivity index is 2.67. The number of methoxy groups -OCH3 is 2. The van der Waals surface area contributed by atoms with E-state index in [1.807, 2.05) is 0 Å². The van der Waals surface area contributed by atoms with Crippen molar-refractivity contribution in [3.63, 3.8) is 0 Å². The summed E-state index contributed by atoms with van der Waals surface area (Å²) in [5.41, 5.74) is 0.855. The Kier molecular flexibility index (Phi) is 5.95. The zero-order chi connectivity index (χ0) is 11.8. The number of hydrogen-bond donors (Lipinski definition) is 1. The number of hydrogen-bond acceptors (Lipinski definition) is 6. The van der Waals surface area contributed by atoms with Gasteiger partial charge in [-0.2, -0.15) is 11.8 Å². The van der Waals surface area contributed by atoms with Gasteiger partial charge in [0.2, 0.25) is 11.8 Å². The predicted octanol–water partition coefficient (Wildman–Crippen LogP) is 0.946. The van der Waals surface area contributed by atoms with Crippen LogP contribution in [-0.4, -0.2) is 42.7 Å². The van der Waals surface area contributed by atoms with Gasteiger partial charge in [-0.15, -0.1) is 0 Å². The molecule has 0 unspecified atom stereocenters. The first kappa shape index (κ1) is 13.1. The molecule has 1 aromatic heterocycles. The Morgan fingerprint density at radius 1 is 1.25 bits per heavy atom. The molecule has 0 spiro atoms. The fourth-order valence-corrected chi connectivity index (χ4v) is 1.62. The Hall–Kier alpha value is -1.01. The summed E-state index contributed by atoms with van der Waals surface area (Å²) < 4.78 is 10.3. The molecule has 6 heteroatoms. The van der Waals surface area contributed by atoms with E-state index >= 15 is 0 Å². The highest BCUT2D eigenvalue weighted by Crippen LogP contribution is 2.22. The summed E-state index contributed by atoms with van der Waals surface area (Å²) in [7, 11) is 3.18. The lowest BCUT2D eigenvalue weighted by Gasteiger charge is -2.11. The van der Waals surface area contributed by atoms with Crippen LogP contribution < -0.4 is 14.8 Å². The fourth-order valence-electron chi connectivity index (χ4n) is 1.27. The summed E-state index contributed by atoms with van der Waals surface area (Å²) in [5.74, 6) is 2.19.